The third-order valence-corrected chi connectivity index (χ3v) is 5.24. The molecule has 0 aliphatic heterocycles. The Kier molecular flexibility index (Phi) is 4.92. The standard InChI is InChI=1S/C23H23FN4O/c1-4-13-28-15(3)14(2)20(21-25-18-7-5-6-8-19(18)26-21)22(28)27-23(29)16-9-11-17(24)12-10-16/h5-12H,4,13H2,1-3H3,(H,25,26)(H,27,29). The average Bonchev–Trinajstić information content (AvgIpc) is 3.23. The van der Waals surface area contributed by atoms with Gasteiger partial charge in [-0.3, -0.25) is 4.79 Å². The Morgan fingerprint density at radius 1 is 1.14 bits per heavy atom. The molecule has 1 amide bonds. The summed E-state index contributed by atoms with van der Waals surface area (Å²) in [5.41, 5.74) is 5.24. The summed E-state index contributed by atoms with van der Waals surface area (Å²) in [6.07, 6.45) is 0.925. The Morgan fingerprint density at radius 3 is 2.55 bits per heavy atom. The third-order valence-electron chi connectivity index (χ3n) is 5.24. The molecule has 0 spiro atoms. The zero-order chi connectivity index (χ0) is 20.5. The summed E-state index contributed by atoms with van der Waals surface area (Å²) in [6, 6.07) is 13.4. The van der Waals surface area contributed by atoms with Crippen LogP contribution in [0.4, 0.5) is 10.2 Å². The van der Waals surface area contributed by atoms with E-state index in [4.69, 9.17) is 4.98 Å². The summed E-state index contributed by atoms with van der Waals surface area (Å²) >= 11 is 0. The largest absolute Gasteiger partial charge is 0.338 e. The van der Waals surface area contributed by atoms with Crippen LogP contribution in [0.25, 0.3) is 22.4 Å². The molecule has 4 rings (SSSR count). The van der Waals surface area contributed by atoms with Crippen LogP contribution in [0.5, 0.6) is 0 Å². The maximum atomic E-state index is 13.2. The highest BCUT2D eigenvalue weighted by Crippen LogP contribution is 2.36. The summed E-state index contributed by atoms with van der Waals surface area (Å²) in [5.74, 6) is 0.772. The quantitative estimate of drug-likeness (QED) is 0.476. The second-order valence-electron chi connectivity index (χ2n) is 7.15. The van der Waals surface area contributed by atoms with Gasteiger partial charge >= 0.3 is 0 Å². The van der Waals surface area contributed by atoms with Gasteiger partial charge in [-0.2, -0.15) is 0 Å². The highest BCUT2D eigenvalue weighted by Gasteiger charge is 2.23. The molecule has 0 saturated carbocycles. The summed E-state index contributed by atoms with van der Waals surface area (Å²) in [6.45, 7) is 6.95. The number of hydrogen-bond acceptors (Lipinski definition) is 2. The van der Waals surface area contributed by atoms with Crippen molar-refractivity contribution in [2.45, 2.75) is 33.7 Å². The normalized spacial score (nSPS) is 11.2. The van der Waals surface area contributed by atoms with E-state index in [1.54, 1.807) is 0 Å². The van der Waals surface area contributed by atoms with Gasteiger partial charge in [0, 0.05) is 17.8 Å². The van der Waals surface area contributed by atoms with Crippen molar-refractivity contribution < 1.29 is 9.18 Å². The molecule has 0 unspecified atom stereocenters. The van der Waals surface area contributed by atoms with Gasteiger partial charge in [0.05, 0.1) is 16.6 Å². The minimum atomic E-state index is -0.370. The first kappa shape index (κ1) is 18.9. The van der Waals surface area contributed by atoms with E-state index in [1.165, 1.54) is 24.3 Å². The molecule has 6 heteroatoms. The number of carbonyl (C=O) groups excluding carboxylic acids is 1. The molecule has 5 nitrogen and oxygen atoms in total. The van der Waals surface area contributed by atoms with Gasteiger partial charge < -0.3 is 14.9 Å². The number of anilines is 1. The Hall–Kier alpha value is -3.41. The van der Waals surface area contributed by atoms with Crippen molar-refractivity contribution in [3.63, 3.8) is 0 Å². The second-order valence-corrected chi connectivity index (χ2v) is 7.15. The number of benzene rings is 2. The molecule has 29 heavy (non-hydrogen) atoms. The van der Waals surface area contributed by atoms with E-state index in [0.29, 0.717) is 11.4 Å². The van der Waals surface area contributed by atoms with E-state index in [2.05, 4.69) is 21.8 Å². The minimum absolute atomic E-state index is 0.280. The maximum Gasteiger partial charge on any atom is 0.256 e. The molecule has 0 bridgehead atoms. The summed E-state index contributed by atoms with van der Waals surface area (Å²) in [5, 5.41) is 3.05. The van der Waals surface area contributed by atoms with Crippen LogP contribution < -0.4 is 5.32 Å². The van der Waals surface area contributed by atoms with E-state index in [-0.39, 0.29) is 11.7 Å². The Bertz CT molecular complexity index is 1150. The lowest BCUT2D eigenvalue weighted by atomic mass is 10.1. The highest BCUT2D eigenvalue weighted by molar-refractivity contribution is 6.06. The Balaban J connectivity index is 1.83. The van der Waals surface area contributed by atoms with Crippen molar-refractivity contribution >= 4 is 22.8 Å². The molecule has 2 heterocycles. The number of halogens is 1. The molecule has 148 valence electrons. The van der Waals surface area contributed by atoms with Gasteiger partial charge in [0.25, 0.3) is 5.91 Å². The van der Waals surface area contributed by atoms with Crippen LogP contribution >= 0.6 is 0 Å². The first-order valence-corrected chi connectivity index (χ1v) is 9.71. The minimum Gasteiger partial charge on any atom is -0.338 e. The molecule has 2 aromatic heterocycles. The van der Waals surface area contributed by atoms with Gasteiger partial charge in [-0.05, 0) is 62.2 Å². The second kappa shape index (κ2) is 7.54. The predicted octanol–water partition coefficient (Wildman–Crippen LogP) is 5.45. The fourth-order valence-corrected chi connectivity index (χ4v) is 3.64. The SMILES string of the molecule is CCCn1c(C)c(C)c(-c2nc3ccccc3[nH]2)c1NC(=O)c1ccc(F)cc1. The van der Waals surface area contributed by atoms with Crippen molar-refractivity contribution in [3.05, 3.63) is 71.2 Å². The first-order chi connectivity index (χ1) is 14.0. The Morgan fingerprint density at radius 2 is 1.86 bits per heavy atom. The number of rotatable bonds is 5. The number of aromatic nitrogens is 3. The first-order valence-electron chi connectivity index (χ1n) is 9.71. The number of nitrogens with one attached hydrogen (secondary N) is 2. The summed E-state index contributed by atoms with van der Waals surface area (Å²) in [4.78, 5) is 21.0. The van der Waals surface area contributed by atoms with Gasteiger partial charge in [-0.1, -0.05) is 19.1 Å². The number of H-pyrrole nitrogens is 1. The lowest BCUT2D eigenvalue weighted by Gasteiger charge is -2.13. The van der Waals surface area contributed by atoms with E-state index in [9.17, 15) is 9.18 Å². The highest BCUT2D eigenvalue weighted by atomic mass is 19.1. The van der Waals surface area contributed by atoms with Gasteiger partial charge in [-0.15, -0.1) is 0 Å². The third kappa shape index (κ3) is 3.42. The van der Waals surface area contributed by atoms with E-state index >= 15 is 0 Å². The van der Waals surface area contributed by atoms with Crippen molar-refractivity contribution in [1.82, 2.24) is 14.5 Å². The predicted molar refractivity (Wildman–Crippen MR) is 114 cm³/mol. The van der Waals surface area contributed by atoms with Gasteiger partial charge in [0.1, 0.15) is 17.5 Å². The number of aromatic amines is 1. The zero-order valence-corrected chi connectivity index (χ0v) is 16.7. The van der Waals surface area contributed by atoms with Crippen molar-refractivity contribution in [2.24, 2.45) is 0 Å². The van der Waals surface area contributed by atoms with Crippen LogP contribution in [0, 0.1) is 19.7 Å². The van der Waals surface area contributed by atoms with Crippen molar-refractivity contribution in [2.75, 3.05) is 5.32 Å². The fourth-order valence-electron chi connectivity index (χ4n) is 3.64. The van der Waals surface area contributed by atoms with E-state index in [0.717, 1.165) is 46.6 Å². The number of imidazole rings is 1. The zero-order valence-electron chi connectivity index (χ0n) is 16.7. The smallest absolute Gasteiger partial charge is 0.256 e. The van der Waals surface area contributed by atoms with E-state index < -0.39 is 0 Å². The molecule has 0 saturated heterocycles. The Labute approximate surface area is 168 Å². The molecule has 2 N–H and O–H groups in total. The van der Waals surface area contributed by atoms with Crippen LogP contribution in [0.1, 0.15) is 35.0 Å². The monoisotopic (exact) mass is 390 g/mol. The van der Waals surface area contributed by atoms with Crippen LogP contribution in [-0.2, 0) is 6.54 Å². The van der Waals surface area contributed by atoms with Crippen molar-refractivity contribution in [1.29, 1.82) is 0 Å². The summed E-state index contributed by atoms with van der Waals surface area (Å²) in [7, 11) is 0. The van der Waals surface area contributed by atoms with E-state index in [1.807, 2.05) is 38.1 Å². The number of amides is 1. The number of carbonyl (C=O) groups is 1. The molecule has 0 atom stereocenters. The molecular formula is C23H23FN4O. The number of nitrogens with zero attached hydrogens (tertiary/aromatic N) is 2. The molecule has 2 aromatic carbocycles. The lowest BCUT2D eigenvalue weighted by Crippen LogP contribution is -2.16. The molecule has 0 aliphatic carbocycles. The maximum absolute atomic E-state index is 13.2. The van der Waals surface area contributed by atoms with Gasteiger partial charge in [0.2, 0.25) is 0 Å². The van der Waals surface area contributed by atoms with Gasteiger partial charge in [0.15, 0.2) is 0 Å². The van der Waals surface area contributed by atoms with Crippen molar-refractivity contribution in [3.8, 4) is 11.4 Å². The molecular weight excluding hydrogens is 367 g/mol. The topological polar surface area (TPSA) is 62.7 Å². The number of para-hydroxylation sites is 2. The van der Waals surface area contributed by atoms with Crippen LogP contribution in [-0.4, -0.2) is 20.4 Å². The van der Waals surface area contributed by atoms with Crippen LogP contribution in [0.2, 0.25) is 0 Å². The van der Waals surface area contributed by atoms with Crippen LogP contribution in [0.15, 0.2) is 48.5 Å². The fraction of sp³-hybridized carbons (Fsp3) is 0.217. The number of fused-ring (bicyclic) bond motifs is 1. The average molecular weight is 390 g/mol. The summed E-state index contributed by atoms with van der Waals surface area (Å²) < 4.78 is 15.3. The van der Waals surface area contributed by atoms with Crippen LogP contribution in [0.3, 0.4) is 0 Å². The molecule has 0 radical (unpaired) electrons. The molecule has 0 fully saturated rings. The van der Waals surface area contributed by atoms with Gasteiger partial charge in [-0.25, -0.2) is 9.37 Å². The molecule has 0 aliphatic rings. The number of hydrogen-bond donors (Lipinski definition) is 2. The molecule has 4 aromatic rings. The lowest BCUT2D eigenvalue weighted by molar-refractivity contribution is 0.102.